The number of rotatable bonds is 5. The number of amides is 1. The van der Waals surface area contributed by atoms with Crippen molar-refractivity contribution in [1.29, 1.82) is 0 Å². The third-order valence-corrected chi connectivity index (χ3v) is 4.22. The van der Waals surface area contributed by atoms with Crippen molar-refractivity contribution in [3.05, 3.63) is 35.9 Å². The molecule has 0 N–H and O–H groups in total. The fraction of sp³-hybridized carbons (Fsp3) is 0.533. The molecular weight excluding hydrogens is 242 g/mol. The first-order valence-corrected chi connectivity index (χ1v) is 7.10. The average Bonchev–Trinajstić information content (AvgIpc) is 3.21. The Balaban J connectivity index is 1.91. The highest BCUT2D eigenvalue weighted by Crippen LogP contribution is 2.35. The molecule has 0 aromatic heterocycles. The molecule has 1 aliphatic carbocycles. The minimum Gasteiger partial charge on any atom is -0.342 e. The number of benzene rings is 1. The molecule has 0 aliphatic heterocycles. The zero-order chi connectivity index (χ0) is 13.1. The molecule has 1 saturated carbocycles. The molecule has 3 heteroatoms. The Morgan fingerprint density at radius 1 is 1.39 bits per heavy atom. The fourth-order valence-corrected chi connectivity index (χ4v) is 2.65. The summed E-state index contributed by atoms with van der Waals surface area (Å²) in [5.41, 5.74) is 1.17. The summed E-state index contributed by atoms with van der Waals surface area (Å²) in [6.07, 6.45) is 3.22. The lowest BCUT2D eigenvalue weighted by atomic mass is 10.1. The van der Waals surface area contributed by atoms with Crippen LogP contribution in [-0.2, 0) is 11.2 Å². The molecule has 2 nitrogen and oxygen atoms in total. The highest BCUT2D eigenvalue weighted by Gasteiger charge is 2.33. The Kier molecular flexibility index (Phi) is 4.33. The predicted octanol–water partition coefficient (Wildman–Crippen LogP) is 2.78. The van der Waals surface area contributed by atoms with E-state index in [0.29, 0.717) is 18.4 Å². The lowest BCUT2D eigenvalue weighted by Crippen LogP contribution is -2.41. The molecule has 1 aromatic carbocycles. The van der Waals surface area contributed by atoms with Crippen molar-refractivity contribution in [3.63, 3.8) is 0 Å². The molecule has 1 aliphatic rings. The number of carbonyl (C=O) groups excluding carboxylic acids is 1. The minimum atomic E-state index is -0.237. The predicted molar refractivity (Wildman–Crippen MR) is 77.9 cm³/mol. The molecule has 0 radical (unpaired) electrons. The van der Waals surface area contributed by atoms with Crippen molar-refractivity contribution < 1.29 is 4.79 Å². The molecule has 0 heterocycles. The summed E-state index contributed by atoms with van der Waals surface area (Å²) in [5.74, 6) is 0.845. The number of carbonyl (C=O) groups is 1. The highest BCUT2D eigenvalue weighted by molar-refractivity contribution is 7.81. The lowest BCUT2D eigenvalue weighted by molar-refractivity contribution is -0.131. The average molecular weight is 263 g/mol. The second kappa shape index (κ2) is 5.79. The molecule has 2 rings (SSSR count). The molecule has 2 atom stereocenters. The first kappa shape index (κ1) is 13.5. The van der Waals surface area contributed by atoms with Crippen molar-refractivity contribution in [2.45, 2.75) is 37.5 Å². The topological polar surface area (TPSA) is 20.3 Å². The van der Waals surface area contributed by atoms with E-state index in [1.807, 2.05) is 42.3 Å². The van der Waals surface area contributed by atoms with Gasteiger partial charge >= 0.3 is 0 Å². The van der Waals surface area contributed by atoms with Crippen molar-refractivity contribution >= 4 is 18.5 Å². The smallest absolute Gasteiger partial charge is 0.235 e. The Morgan fingerprint density at radius 2 is 2.00 bits per heavy atom. The van der Waals surface area contributed by atoms with Crippen LogP contribution in [0.15, 0.2) is 30.3 Å². The number of nitrogens with zero attached hydrogens (tertiary/aromatic N) is 1. The van der Waals surface area contributed by atoms with E-state index >= 15 is 0 Å². The summed E-state index contributed by atoms with van der Waals surface area (Å²) >= 11 is 4.47. The highest BCUT2D eigenvalue weighted by atomic mass is 32.1. The van der Waals surface area contributed by atoms with Gasteiger partial charge < -0.3 is 4.90 Å². The zero-order valence-corrected chi connectivity index (χ0v) is 11.9. The van der Waals surface area contributed by atoms with E-state index in [9.17, 15) is 4.79 Å². The van der Waals surface area contributed by atoms with Gasteiger partial charge in [0.15, 0.2) is 0 Å². The van der Waals surface area contributed by atoms with Crippen LogP contribution < -0.4 is 0 Å². The summed E-state index contributed by atoms with van der Waals surface area (Å²) in [7, 11) is 1.90. The van der Waals surface area contributed by atoms with Crippen molar-refractivity contribution in [2.24, 2.45) is 5.92 Å². The van der Waals surface area contributed by atoms with Gasteiger partial charge in [-0.2, -0.15) is 12.6 Å². The lowest BCUT2D eigenvalue weighted by Gasteiger charge is -2.27. The fourth-order valence-electron chi connectivity index (χ4n) is 2.26. The largest absolute Gasteiger partial charge is 0.342 e. The van der Waals surface area contributed by atoms with Gasteiger partial charge in [0, 0.05) is 13.1 Å². The van der Waals surface area contributed by atoms with Gasteiger partial charge in [0.25, 0.3) is 0 Å². The first-order chi connectivity index (χ1) is 8.59. The summed E-state index contributed by atoms with van der Waals surface area (Å²) in [6.45, 7) is 2.14. The Hall–Kier alpha value is -0.960. The summed E-state index contributed by atoms with van der Waals surface area (Å²) in [5, 5.41) is -0.237. The Bertz CT molecular complexity index is 402. The van der Waals surface area contributed by atoms with Crippen LogP contribution in [0, 0.1) is 5.92 Å². The zero-order valence-electron chi connectivity index (χ0n) is 11.0. The monoisotopic (exact) mass is 263 g/mol. The van der Waals surface area contributed by atoms with Crippen LogP contribution in [0.4, 0.5) is 0 Å². The molecule has 0 spiro atoms. The van der Waals surface area contributed by atoms with Gasteiger partial charge in [0.2, 0.25) is 5.91 Å². The van der Waals surface area contributed by atoms with Crippen LogP contribution in [0.1, 0.15) is 25.3 Å². The second-order valence-corrected chi connectivity index (χ2v) is 5.86. The number of thiol groups is 1. The standard InChI is InChI=1S/C15H21NOS/c1-11(13-8-9-13)16(2)15(17)14(18)10-12-6-4-3-5-7-12/h3-7,11,13-14,18H,8-10H2,1-2H3. The van der Waals surface area contributed by atoms with Crippen molar-refractivity contribution in [1.82, 2.24) is 4.90 Å². The molecule has 1 fully saturated rings. The molecule has 18 heavy (non-hydrogen) atoms. The van der Waals surface area contributed by atoms with E-state index in [4.69, 9.17) is 0 Å². The van der Waals surface area contributed by atoms with Crippen LogP contribution in [-0.4, -0.2) is 29.1 Å². The van der Waals surface area contributed by atoms with Gasteiger partial charge in [-0.05, 0) is 37.7 Å². The maximum absolute atomic E-state index is 12.3. The van der Waals surface area contributed by atoms with Gasteiger partial charge in [-0.3, -0.25) is 4.79 Å². The minimum absolute atomic E-state index is 0.140. The number of hydrogen-bond donors (Lipinski definition) is 1. The van der Waals surface area contributed by atoms with Crippen LogP contribution in [0.5, 0.6) is 0 Å². The second-order valence-electron chi connectivity index (χ2n) is 5.23. The molecular formula is C15H21NOS. The van der Waals surface area contributed by atoms with Gasteiger partial charge in [0.05, 0.1) is 5.25 Å². The first-order valence-electron chi connectivity index (χ1n) is 6.58. The van der Waals surface area contributed by atoms with Gasteiger partial charge in [0.1, 0.15) is 0 Å². The maximum atomic E-state index is 12.3. The van der Waals surface area contributed by atoms with Crippen molar-refractivity contribution in [3.8, 4) is 0 Å². The van der Waals surface area contributed by atoms with Crippen LogP contribution >= 0.6 is 12.6 Å². The van der Waals surface area contributed by atoms with E-state index in [2.05, 4.69) is 19.6 Å². The van der Waals surface area contributed by atoms with Gasteiger partial charge in [-0.1, -0.05) is 30.3 Å². The quantitative estimate of drug-likeness (QED) is 0.810. The van der Waals surface area contributed by atoms with E-state index in [-0.39, 0.29) is 11.2 Å². The van der Waals surface area contributed by atoms with Crippen LogP contribution in [0.25, 0.3) is 0 Å². The normalized spacial score (nSPS) is 18.2. The number of hydrogen-bond acceptors (Lipinski definition) is 2. The SMILES string of the molecule is CC(C1CC1)N(C)C(=O)C(S)Cc1ccccc1. The Labute approximate surface area is 115 Å². The summed E-state index contributed by atoms with van der Waals surface area (Å²) < 4.78 is 0. The van der Waals surface area contributed by atoms with Crippen LogP contribution in [0.2, 0.25) is 0 Å². The van der Waals surface area contributed by atoms with Crippen molar-refractivity contribution in [2.75, 3.05) is 7.05 Å². The molecule has 98 valence electrons. The molecule has 0 saturated heterocycles. The van der Waals surface area contributed by atoms with Gasteiger partial charge in [-0.15, -0.1) is 0 Å². The molecule has 2 unspecified atom stereocenters. The third-order valence-electron chi connectivity index (χ3n) is 3.82. The summed E-state index contributed by atoms with van der Waals surface area (Å²) in [6, 6.07) is 10.4. The molecule has 0 bridgehead atoms. The van der Waals surface area contributed by atoms with E-state index < -0.39 is 0 Å². The van der Waals surface area contributed by atoms with Gasteiger partial charge in [-0.25, -0.2) is 0 Å². The van der Waals surface area contributed by atoms with E-state index in [1.54, 1.807) is 0 Å². The van der Waals surface area contributed by atoms with E-state index in [1.165, 1.54) is 18.4 Å². The molecule has 1 aromatic rings. The molecule has 1 amide bonds. The Morgan fingerprint density at radius 3 is 2.56 bits per heavy atom. The summed E-state index contributed by atoms with van der Waals surface area (Å²) in [4.78, 5) is 14.1. The third kappa shape index (κ3) is 3.29. The van der Waals surface area contributed by atoms with E-state index in [0.717, 1.165) is 0 Å². The maximum Gasteiger partial charge on any atom is 0.235 e. The van der Waals surface area contributed by atoms with Crippen LogP contribution in [0.3, 0.4) is 0 Å².